The van der Waals surface area contributed by atoms with Gasteiger partial charge in [0.1, 0.15) is 23.1 Å². The van der Waals surface area contributed by atoms with E-state index < -0.39 is 6.10 Å². The molecular weight excluding hydrogens is 279 g/mol. The Morgan fingerprint density at radius 3 is 2.27 bits per heavy atom. The molecule has 0 radical (unpaired) electrons. The maximum absolute atomic E-state index is 13.0. The lowest BCUT2D eigenvalue weighted by atomic mass is 10.0. The summed E-state index contributed by atoms with van der Waals surface area (Å²) in [6.45, 7) is 0. The molecule has 4 aromatic rings. The number of hydrogen-bond donors (Lipinski definition) is 1. The third kappa shape index (κ3) is 2.07. The Hall–Kier alpha value is -2.65. The van der Waals surface area contributed by atoms with Gasteiger partial charge in [-0.05, 0) is 35.4 Å². The molecule has 0 fully saturated rings. The lowest BCUT2D eigenvalue weighted by Crippen LogP contribution is -1.99. The summed E-state index contributed by atoms with van der Waals surface area (Å²) >= 11 is 0. The smallest absolute Gasteiger partial charge is 0.135 e. The monoisotopic (exact) mass is 292 g/mol. The van der Waals surface area contributed by atoms with Crippen LogP contribution in [-0.4, -0.2) is 5.11 Å². The molecule has 0 amide bonds. The van der Waals surface area contributed by atoms with Crippen molar-refractivity contribution in [1.29, 1.82) is 0 Å². The second kappa shape index (κ2) is 4.97. The van der Waals surface area contributed by atoms with Gasteiger partial charge in [-0.2, -0.15) is 0 Å². The van der Waals surface area contributed by atoms with E-state index in [1.165, 1.54) is 12.1 Å². The van der Waals surface area contributed by atoms with Crippen molar-refractivity contribution in [2.75, 3.05) is 0 Å². The Morgan fingerprint density at radius 1 is 0.773 bits per heavy atom. The van der Waals surface area contributed by atoms with Crippen LogP contribution >= 0.6 is 0 Å². The zero-order chi connectivity index (χ0) is 15.1. The number of hydrogen-bond acceptors (Lipinski definition) is 2. The summed E-state index contributed by atoms with van der Waals surface area (Å²) in [6.07, 6.45) is -0.807. The molecule has 4 rings (SSSR count). The number of aliphatic hydroxyl groups excluding tert-OH is 1. The van der Waals surface area contributed by atoms with Gasteiger partial charge in [-0.15, -0.1) is 0 Å². The average Bonchev–Trinajstić information content (AvgIpc) is 2.92. The van der Waals surface area contributed by atoms with Crippen molar-refractivity contribution >= 4 is 21.9 Å². The van der Waals surface area contributed by atoms with Gasteiger partial charge in [0.05, 0.1) is 0 Å². The van der Waals surface area contributed by atoms with Crippen LogP contribution < -0.4 is 0 Å². The molecule has 3 aromatic carbocycles. The van der Waals surface area contributed by atoms with Crippen LogP contribution in [0.1, 0.15) is 17.2 Å². The van der Waals surface area contributed by atoms with E-state index in [0.29, 0.717) is 5.56 Å². The fraction of sp³-hybridized carbons (Fsp3) is 0.0526. The van der Waals surface area contributed by atoms with Crippen LogP contribution in [0, 0.1) is 5.82 Å². The predicted molar refractivity (Wildman–Crippen MR) is 84.2 cm³/mol. The Morgan fingerprint density at radius 2 is 1.45 bits per heavy atom. The zero-order valence-electron chi connectivity index (χ0n) is 11.7. The SMILES string of the molecule is O[C@H](c1ccc(F)cc1)c1ccc2c(c1)oc1ccccc12. The van der Waals surface area contributed by atoms with Crippen LogP contribution in [0.15, 0.2) is 71.1 Å². The first-order valence-electron chi connectivity index (χ1n) is 7.07. The van der Waals surface area contributed by atoms with Gasteiger partial charge in [0.25, 0.3) is 0 Å². The Labute approximate surface area is 126 Å². The normalized spacial score (nSPS) is 12.8. The fourth-order valence-corrected chi connectivity index (χ4v) is 2.75. The number of aliphatic hydroxyl groups is 1. The first-order chi connectivity index (χ1) is 10.7. The summed E-state index contributed by atoms with van der Waals surface area (Å²) in [4.78, 5) is 0. The minimum absolute atomic E-state index is 0.316. The van der Waals surface area contributed by atoms with Gasteiger partial charge in [-0.25, -0.2) is 4.39 Å². The molecular formula is C19H13FO2. The largest absolute Gasteiger partial charge is 0.456 e. The predicted octanol–water partition coefficient (Wildman–Crippen LogP) is 4.81. The third-order valence-corrected chi connectivity index (χ3v) is 3.90. The zero-order valence-corrected chi connectivity index (χ0v) is 11.7. The molecule has 1 heterocycles. The summed E-state index contributed by atoms with van der Waals surface area (Å²) in [5, 5.41) is 12.5. The van der Waals surface area contributed by atoms with Gasteiger partial charge in [0, 0.05) is 10.8 Å². The van der Waals surface area contributed by atoms with Crippen LogP contribution in [-0.2, 0) is 0 Å². The molecule has 1 aromatic heterocycles. The van der Waals surface area contributed by atoms with E-state index in [2.05, 4.69) is 0 Å². The molecule has 0 aliphatic carbocycles. The van der Waals surface area contributed by atoms with E-state index in [1.807, 2.05) is 42.5 Å². The molecule has 0 aliphatic rings. The standard InChI is InChI=1S/C19H13FO2/c20-14-8-5-12(6-9-14)19(21)13-7-10-16-15-3-1-2-4-17(15)22-18(16)11-13/h1-11,19,21H/t19-/m1/s1. The first-order valence-corrected chi connectivity index (χ1v) is 7.07. The Bertz CT molecular complexity index is 954. The van der Waals surface area contributed by atoms with E-state index in [-0.39, 0.29) is 5.82 Å². The highest BCUT2D eigenvalue weighted by Crippen LogP contribution is 2.31. The van der Waals surface area contributed by atoms with Gasteiger partial charge in [-0.1, -0.05) is 42.5 Å². The number of furan rings is 1. The van der Waals surface area contributed by atoms with Crippen molar-refractivity contribution in [1.82, 2.24) is 0 Å². The first kappa shape index (κ1) is 13.0. The minimum Gasteiger partial charge on any atom is -0.456 e. The molecule has 0 unspecified atom stereocenters. The van der Waals surface area contributed by atoms with Gasteiger partial charge < -0.3 is 9.52 Å². The van der Waals surface area contributed by atoms with Crippen molar-refractivity contribution in [3.05, 3.63) is 83.7 Å². The number of halogens is 1. The van der Waals surface area contributed by atoms with E-state index in [0.717, 1.165) is 27.5 Å². The molecule has 1 atom stereocenters. The summed E-state index contributed by atoms with van der Waals surface area (Å²) in [5.74, 6) is -0.316. The fourth-order valence-electron chi connectivity index (χ4n) is 2.75. The second-order valence-electron chi connectivity index (χ2n) is 5.31. The minimum atomic E-state index is -0.807. The van der Waals surface area contributed by atoms with Crippen molar-refractivity contribution in [2.45, 2.75) is 6.10 Å². The van der Waals surface area contributed by atoms with Crippen LogP contribution in [0.5, 0.6) is 0 Å². The number of fused-ring (bicyclic) bond motifs is 3. The molecule has 0 saturated heterocycles. The Balaban J connectivity index is 1.81. The molecule has 108 valence electrons. The number of rotatable bonds is 2. The number of benzene rings is 3. The van der Waals surface area contributed by atoms with Gasteiger partial charge in [0.15, 0.2) is 0 Å². The van der Waals surface area contributed by atoms with Crippen LogP contribution in [0.25, 0.3) is 21.9 Å². The quantitative estimate of drug-likeness (QED) is 0.575. The Kier molecular flexibility index (Phi) is 2.94. The molecule has 0 saturated carbocycles. The summed E-state index contributed by atoms with van der Waals surface area (Å²) in [6, 6.07) is 19.4. The molecule has 0 aliphatic heterocycles. The highest BCUT2D eigenvalue weighted by molar-refractivity contribution is 6.04. The van der Waals surface area contributed by atoms with E-state index in [9.17, 15) is 9.50 Å². The van der Waals surface area contributed by atoms with Crippen LogP contribution in [0.3, 0.4) is 0 Å². The van der Waals surface area contributed by atoms with Crippen molar-refractivity contribution in [3.8, 4) is 0 Å². The van der Waals surface area contributed by atoms with Crippen LogP contribution in [0.4, 0.5) is 4.39 Å². The summed E-state index contributed by atoms with van der Waals surface area (Å²) in [7, 11) is 0. The number of para-hydroxylation sites is 1. The second-order valence-corrected chi connectivity index (χ2v) is 5.31. The van der Waals surface area contributed by atoms with Gasteiger partial charge in [0.2, 0.25) is 0 Å². The molecule has 2 nitrogen and oxygen atoms in total. The lowest BCUT2D eigenvalue weighted by molar-refractivity contribution is 0.220. The van der Waals surface area contributed by atoms with Crippen molar-refractivity contribution < 1.29 is 13.9 Å². The highest BCUT2D eigenvalue weighted by Gasteiger charge is 2.13. The lowest BCUT2D eigenvalue weighted by Gasteiger charge is -2.11. The van der Waals surface area contributed by atoms with Gasteiger partial charge in [-0.3, -0.25) is 0 Å². The molecule has 0 spiro atoms. The topological polar surface area (TPSA) is 33.4 Å². The maximum atomic E-state index is 13.0. The molecule has 3 heteroatoms. The average molecular weight is 292 g/mol. The highest BCUT2D eigenvalue weighted by atomic mass is 19.1. The third-order valence-electron chi connectivity index (χ3n) is 3.90. The van der Waals surface area contributed by atoms with E-state index >= 15 is 0 Å². The van der Waals surface area contributed by atoms with E-state index in [4.69, 9.17) is 4.42 Å². The summed E-state index contributed by atoms with van der Waals surface area (Å²) < 4.78 is 18.8. The van der Waals surface area contributed by atoms with Crippen molar-refractivity contribution in [2.24, 2.45) is 0 Å². The van der Waals surface area contributed by atoms with E-state index in [1.54, 1.807) is 12.1 Å². The van der Waals surface area contributed by atoms with Gasteiger partial charge >= 0.3 is 0 Å². The summed E-state index contributed by atoms with van der Waals surface area (Å²) in [5.41, 5.74) is 2.93. The van der Waals surface area contributed by atoms with Crippen molar-refractivity contribution in [3.63, 3.8) is 0 Å². The maximum Gasteiger partial charge on any atom is 0.135 e. The molecule has 22 heavy (non-hydrogen) atoms. The molecule has 1 N–H and O–H groups in total. The van der Waals surface area contributed by atoms with Crippen LogP contribution in [0.2, 0.25) is 0 Å². The molecule has 0 bridgehead atoms.